The molecule has 0 radical (unpaired) electrons. The molecule has 0 unspecified atom stereocenters. The summed E-state index contributed by atoms with van der Waals surface area (Å²) in [6, 6.07) is 5.64. The first kappa shape index (κ1) is 14.2. The van der Waals surface area contributed by atoms with Gasteiger partial charge in [0.05, 0.1) is 16.8 Å². The van der Waals surface area contributed by atoms with Gasteiger partial charge in [0.25, 0.3) is 0 Å². The number of halogens is 4. The van der Waals surface area contributed by atoms with E-state index in [2.05, 4.69) is 20.3 Å². The molecule has 0 spiro atoms. The van der Waals surface area contributed by atoms with Gasteiger partial charge < -0.3 is 5.32 Å². The molecule has 2 aromatic heterocycles. The Kier molecular flexibility index (Phi) is 3.36. The van der Waals surface area contributed by atoms with Gasteiger partial charge >= 0.3 is 6.18 Å². The van der Waals surface area contributed by atoms with Crippen molar-refractivity contribution in [2.45, 2.75) is 6.18 Å². The predicted molar refractivity (Wildman–Crippen MR) is 72.0 cm³/mol. The molecule has 1 N–H and O–H groups in total. The molecule has 112 valence electrons. The van der Waals surface area contributed by atoms with Gasteiger partial charge in [0.15, 0.2) is 0 Å². The zero-order valence-corrected chi connectivity index (χ0v) is 10.9. The molecule has 0 atom stereocenters. The molecule has 0 saturated heterocycles. The third kappa shape index (κ3) is 2.80. The first-order chi connectivity index (χ1) is 10.4. The summed E-state index contributed by atoms with van der Waals surface area (Å²) in [6.07, 6.45) is -1.65. The maximum Gasteiger partial charge on any atom is 0.419 e. The Morgan fingerprint density at radius 3 is 2.36 bits per heavy atom. The third-order valence-electron chi connectivity index (χ3n) is 2.93. The SMILES string of the molecule is Fc1ccc2c(Nc3ncc(C(F)(F)F)cn3)ccnc2c1. The molecule has 3 aromatic rings. The highest BCUT2D eigenvalue weighted by Crippen LogP contribution is 2.29. The summed E-state index contributed by atoms with van der Waals surface area (Å²) in [7, 11) is 0. The molecule has 0 amide bonds. The van der Waals surface area contributed by atoms with Crippen LogP contribution >= 0.6 is 0 Å². The molecule has 0 bridgehead atoms. The Morgan fingerprint density at radius 2 is 1.68 bits per heavy atom. The highest BCUT2D eigenvalue weighted by atomic mass is 19.4. The lowest BCUT2D eigenvalue weighted by Crippen LogP contribution is -2.07. The maximum absolute atomic E-state index is 13.2. The molecule has 0 saturated carbocycles. The van der Waals surface area contributed by atoms with Crippen molar-refractivity contribution in [3.05, 3.63) is 54.2 Å². The average Bonchev–Trinajstić information content (AvgIpc) is 2.47. The smallest absolute Gasteiger partial charge is 0.323 e. The number of hydrogen-bond donors (Lipinski definition) is 1. The molecule has 22 heavy (non-hydrogen) atoms. The van der Waals surface area contributed by atoms with Crippen LogP contribution < -0.4 is 5.32 Å². The van der Waals surface area contributed by atoms with Gasteiger partial charge in [-0.05, 0) is 18.2 Å². The second-order valence-electron chi connectivity index (χ2n) is 4.44. The summed E-state index contributed by atoms with van der Waals surface area (Å²) in [5.74, 6) is -0.423. The molecule has 2 heterocycles. The van der Waals surface area contributed by atoms with Crippen LogP contribution in [0.5, 0.6) is 0 Å². The number of nitrogens with zero attached hydrogens (tertiary/aromatic N) is 3. The molecule has 8 heteroatoms. The normalized spacial score (nSPS) is 11.6. The lowest BCUT2D eigenvalue weighted by Gasteiger charge is -2.09. The van der Waals surface area contributed by atoms with E-state index in [4.69, 9.17) is 0 Å². The number of pyridine rings is 1. The summed E-state index contributed by atoms with van der Waals surface area (Å²) in [4.78, 5) is 11.3. The predicted octanol–water partition coefficient (Wildman–Crippen LogP) is 3.93. The van der Waals surface area contributed by atoms with Crippen molar-refractivity contribution in [3.63, 3.8) is 0 Å². The van der Waals surface area contributed by atoms with E-state index in [0.717, 1.165) is 0 Å². The topological polar surface area (TPSA) is 50.7 Å². The molecule has 0 aliphatic carbocycles. The van der Waals surface area contributed by atoms with Crippen LogP contribution in [-0.2, 0) is 6.18 Å². The highest BCUT2D eigenvalue weighted by molar-refractivity contribution is 5.92. The lowest BCUT2D eigenvalue weighted by molar-refractivity contribution is -0.138. The largest absolute Gasteiger partial charge is 0.419 e. The van der Waals surface area contributed by atoms with Crippen molar-refractivity contribution < 1.29 is 17.6 Å². The zero-order chi connectivity index (χ0) is 15.7. The summed E-state index contributed by atoms with van der Waals surface area (Å²) in [5.41, 5.74) is 0.00128. The van der Waals surface area contributed by atoms with Gasteiger partial charge in [-0.2, -0.15) is 13.2 Å². The van der Waals surface area contributed by atoms with Crippen molar-refractivity contribution in [3.8, 4) is 0 Å². The van der Waals surface area contributed by atoms with Crippen molar-refractivity contribution in [2.75, 3.05) is 5.32 Å². The molecule has 1 aromatic carbocycles. The van der Waals surface area contributed by atoms with Crippen molar-refractivity contribution in [1.82, 2.24) is 15.0 Å². The van der Waals surface area contributed by atoms with Crippen LogP contribution in [0.1, 0.15) is 5.56 Å². The van der Waals surface area contributed by atoms with Gasteiger partial charge in [-0.1, -0.05) is 0 Å². The quantitative estimate of drug-likeness (QED) is 0.729. The van der Waals surface area contributed by atoms with Crippen LogP contribution in [0.25, 0.3) is 10.9 Å². The van der Waals surface area contributed by atoms with Gasteiger partial charge in [0, 0.05) is 30.0 Å². The van der Waals surface area contributed by atoms with Crippen LogP contribution in [0, 0.1) is 5.82 Å². The molecular formula is C14H8F4N4. The van der Waals surface area contributed by atoms with Gasteiger partial charge in [-0.3, -0.25) is 4.98 Å². The second-order valence-corrected chi connectivity index (χ2v) is 4.44. The first-order valence-corrected chi connectivity index (χ1v) is 6.14. The number of anilines is 2. The summed E-state index contributed by atoms with van der Waals surface area (Å²) in [5, 5.41) is 3.40. The summed E-state index contributed by atoms with van der Waals surface area (Å²) < 4.78 is 50.5. The number of nitrogens with one attached hydrogen (secondary N) is 1. The van der Waals surface area contributed by atoms with E-state index in [-0.39, 0.29) is 5.95 Å². The van der Waals surface area contributed by atoms with Gasteiger partial charge in [0.1, 0.15) is 5.82 Å². The molecule has 3 rings (SSSR count). The lowest BCUT2D eigenvalue weighted by atomic mass is 10.2. The van der Waals surface area contributed by atoms with Crippen molar-refractivity contribution in [2.24, 2.45) is 0 Å². The van der Waals surface area contributed by atoms with E-state index in [1.54, 1.807) is 6.07 Å². The fourth-order valence-electron chi connectivity index (χ4n) is 1.89. The fourth-order valence-corrected chi connectivity index (χ4v) is 1.89. The van der Waals surface area contributed by atoms with E-state index in [1.165, 1.54) is 24.4 Å². The Bertz CT molecular complexity index is 815. The van der Waals surface area contributed by atoms with Crippen LogP contribution in [0.15, 0.2) is 42.9 Å². The Labute approximate surface area is 121 Å². The minimum atomic E-state index is -4.49. The van der Waals surface area contributed by atoms with Crippen LogP contribution in [0.2, 0.25) is 0 Å². The Hall–Kier alpha value is -2.77. The Balaban J connectivity index is 1.93. The number of alkyl halides is 3. The van der Waals surface area contributed by atoms with Gasteiger partial charge in [-0.15, -0.1) is 0 Å². The van der Waals surface area contributed by atoms with E-state index < -0.39 is 17.6 Å². The van der Waals surface area contributed by atoms with Crippen molar-refractivity contribution >= 4 is 22.5 Å². The monoisotopic (exact) mass is 308 g/mol. The molecule has 0 aliphatic rings. The van der Waals surface area contributed by atoms with Crippen LogP contribution in [-0.4, -0.2) is 15.0 Å². The second kappa shape index (κ2) is 5.21. The van der Waals surface area contributed by atoms with E-state index >= 15 is 0 Å². The van der Waals surface area contributed by atoms with E-state index in [9.17, 15) is 17.6 Å². The molecule has 4 nitrogen and oxygen atoms in total. The van der Waals surface area contributed by atoms with Crippen LogP contribution in [0.3, 0.4) is 0 Å². The minimum absolute atomic E-state index is 0.00447. The fraction of sp³-hybridized carbons (Fsp3) is 0.0714. The minimum Gasteiger partial charge on any atom is -0.323 e. The standard InChI is InChI=1S/C14H8F4N4/c15-9-1-2-10-11(3-4-19-12(10)5-9)22-13-20-6-8(7-21-13)14(16,17)18/h1-7H,(H,19,20,21,22). The Morgan fingerprint density at radius 1 is 0.955 bits per heavy atom. The van der Waals surface area contributed by atoms with E-state index in [1.807, 2.05) is 0 Å². The molecule has 0 fully saturated rings. The summed E-state index contributed by atoms with van der Waals surface area (Å²) >= 11 is 0. The first-order valence-electron chi connectivity index (χ1n) is 6.14. The zero-order valence-electron chi connectivity index (χ0n) is 10.9. The van der Waals surface area contributed by atoms with Gasteiger partial charge in [0.2, 0.25) is 5.95 Å². The number of benzene rings is 1. The highest BCUT2D eigenvalue weighted by Gasteiger charge is 2.31. The number of rotatable bonds is 2. The van der Waals surface area contributed by atoms with Gasteiger partial charge in [-0.25, -0.2) is 14.4 Å². The maximum atomic E-state index is 13.2. The number of fused-ring (bicyclic) bond motifs is 1. The summed E-state index contributed by atoms with van der Waals surface area (Å²) in [6.45, 7) is 0. The average molecular weight is 308 g/mol. The molecular weight excluding hydrogens is 300 g/mol. The third-order valence-corrected chi connectivity index (χ3v) is 2.93. The number of hydrogen-bond acceptors (Lipinski definition) is 4. The van der Waals surface area contributed by atoms with Crippen LogP contribution in [0.4, 0.5) is 29.2 Å². The van der Waals surface area contributed by atoms with Crippen molar-refractivity contribution in [1.29, 1.82) is 0 Å². The molecule has 0 aliphatic heterocycles. The van der Waals surface area contributed by atoms with E-state index in [0.29, 0.717) is 29.0 Å². The number of aromatic nitrogens is 3.